The van der Waals surface area contributed by atoms with Crippen molar-refractivity contribution in [3.05, 3.63) is 163 Å². The van der Waals surface area contributed by atoms with Gasteiger partial charge < -0.3 is 4.57 Å². The fourth-order valence-electron chi connectivity index (χ4n) is 7.94. The number of fused-ring (bicyclic) bond motifs is 12. The third-order valence-electron chi connectivity index (χ3n) is 10.2. The van der Waals surface area contributed by atoms with E-state index in [1.54, 1.807) is 0 Å². The molecule has 11 aromatic rings. The van der Waals surface area contributed by atoms with Crippen molar-refractivity contribution in [3.63, 3.8) is 0 Å². The number of thiophene rings is 1. The molecule has 0 spiro atoms. The summed E-state index contributed by atoms with van der Waals surface area (Å²) in [5.74, 6) is 1.64. The summed E-state index contributed by atoms with van der Waals surface area (Å²) in [5.41, 5.74) is 7.77. The Morgan fingerprint density at radius 3 is 1.70 bits per heavy atom. The van der Waals surface area contributed by atoms with Gasteiger partial charge in [0.05, 0.1) is 33.7 Å². The largest absolute Gasteiger partial charge is 0.308 e. The summed E-state index contributed by atoms with van der Waals surface area (Å²) in [7, 11) is 0. The lowest BCUT2D eigenvalue weighted by Gasteiger charge is -2.12. The zero-order valence-corrected chi connectivity index (χ0v) is 28.9. The lowest BCUT2D eigenvalue weighted by atomic mass is 10.0. The number of nitrogens with zero attached hydrogens (tertiary/aromatic N) is 6. The van der Waals surface area contributed by atoms with Crippen molar-refractivity contribution < 1.29 is 0 Å². The lowest BCUT2D eigenvalue weighted by Crippen LogP contribution is -2.06. The number of nitriles is 1. The molecular formula is C46H26N6S. The van der Waals surface area contributed by atoms with Crippen molar-refractivity contribution in [2.75, 3.05) is 0 Å². The summed E-state index contributed by atoms with van der Waals surface area (Å²) in [4.78, 5) is 15.5. The maximum atomic E-state index is 9.52. The van der Waals surface area contributed by atoms with Crippen LogP contribution < -0.4 is 0 Å². The van der Waals surface area contributed by atoms with E-state index in [2.05, 4.69) is 118 Å². The van der Waals surface area contributed by atoms with E-state index in [4.69, 9.17) is 15.0 Å². The number of rotatable bonds is 4. The molecule has 7 heteroatoms. The topological polar surface area (TPSA) is 72.3 Å². The normalized spacial score (nSPS) is 11.8. The average Bonchev–Trinajstić information content (AvgIpc) is 3.89. The quantitative estimate of drug-likeness (QED) is 0.184. The predicted octanol–water partition coefficient (Wildman–Crippen LogP) is 11.6. The van der Waals surface area contributed by atoms with Gasteiger partial charge in [-0.05, 0) is 54.6 Å². The van der Waals surface area contributed by atoms with E-state index in [1.807, 2.05) is 65.9 Å². The molecule has 6 nitrogen and oxygen atoms in total. The van der Waals surface area contributed by atoms with Gasteiger partial charge in [-0.15, -0.1) is 11.3 Å². The van der Waals surface area contributed by atoms with E-state index in [0.717, 1.165) is 49.7 Å². The standard InChI is InChI=1S/C46H26N6S/c47-27-28-23-25-30(26-24-28)45-48-44(29-13-3-1-4-14-29)49-46(50-45)52-36-21-11-7-17-32(36)38-41-39(43-40(42(38)52)34-19-9-12-22-37(34)53-43)33-18-8-10-20-35(33)51(41)31-15-5-2-6-16-31/h1-26H. The molecule has 11 rings (SSSR count). The molecule has 0 bridgehead atoms. The monoisotopic (exact) mass is 694 g/mol. The highest BCUT2D eigenvalue weighted by Gasteiger charge is 2.27. The second-order valence-electron chi connectivity index (χ2n) is 13.1. The van der Waals surface area contributed by atoms with Gasteiger partial charge in [0, 0.05) is 58.5 Å². The smallest absolute Gasteiger partial charge is 0.238 e. The van der Waals surface area contributed by atoms with Crippen LogP contribution in [-0.4, -0.2) is 24.1 Å². The number of hydrogen-bond acceptors (Lipinski definition) is 5. The van der Waals surface area contributed by atoms with Gasteiger partial charge in [-0.3, -0.25) is 4.57 Å². The average molecular weight is 695 g/mol. The van der Waals surface area contributed by atoms with Gasteiger partial charge in [-0.25, -0.2) is 4.98 Å². The number of aromatic nitrogens is 5. The van der Waals surface area contributed by atoms with E-state index in [9.17, 15) is 5.26 Å². The van der Waals surface area contributed by atoms with Gasteiger partial charge in [-0.1, -0.05) is 103 Å². The summed E-state index contributed by atoms with van der Waals surface area (Å²) in [5, 5.41) is 16.6. The molecule has 0 fully saturated rings. The van der Waals surface area contributed by atoms with Crippen LogP contribution in [0.1, 0.15) is 5.56 Å². The van der Waals surface area contributed by atoms with Gasteiger partial charge >= 0.3 is 0 Å². The van der Waals surface area contributed by atoms with Crippen molar-refractivity contribution in [2.24, 2.45) is 0 Å². The summed E-state index contributed by atoms with van der Waals surface area (Å²) < 4.78 is 7.13. The number of para-hydroxylation sites is 3. The SMILES string of the molecule is N#Cc1ccc(-c2nc(-c3ccccc3)nc(-n3c4ccccc4c4c5c(c6ccccc6n5-c5ccccc5)c5sc6ccccc6c5c43)n2)cc1. The molecule has 0 saturated carbocycles. The molecule has 0 saturated heterocycles. The second kappa shape index (κ2) is 11.4. The highest BCUT2D eigenvalue weighted by atomic mass is 32.1. The molecule has 0 amide bonds. The van der Waals surface area contributed by atoms with Crippen molar-refractivity contribution in [1.82, 2.24) is 24.1 Å². The Hall–Kier alpha value is -7.14. The van der Waals surface area contributed by atoms with E-state index in [1.165, 1.54) is 30.9 Å². The molecule has 246 valence electrons. The predicted molar refractivity (Wildman–Crippen MR) is 217 cm³/mol. The van der Waals surface area contributed by atoms with Gasteiger partial charge in [0.1, 0.15) is 0 Å². The summed E-state index contributed by atoms with van der Waals surface area (Å²) in [6.45, 7) is 0. The van der Waals surface area contributed by atoms with Crippen LogP contribution in [0.3, 0.4) is 0 Å². The first-order chi connectivity index (χ1) is 26.3. The molecule has 0 aliphatic rings. The molecule has 0 N–H and O–H groups in total. The Morgan fingerprint density at radius 1 is 0.472 bits per heavy atom. The third kappa shape index (κ3) is 4.34. The fraction of sp³-hybridized carbons (Fsp3) is 0. The van der Waals surface area contributed by atoms with Gasteiger partial charge in [0.15, 0.2) is 11.6 Å². The van der Waals surface area contributed by atoms with E-state index >= 15 is 0 Å². The van der Waals surface area contributed by atoms with Crippen molar-refractivity contribution in [1.29, 1.82) is 5.26 Å². The molecule has 0 radical (unpaired) electrons. The first-order valence-electron chi connectivity index (χ1n) is 17.4. The highest BCUT2D eigenvalue weighted by molar-refractivity contribution is 7.27. The summed E-state index contributed by atoms with van der Waals surface area (Å²) >= 11 is 1.84. The summed E-state index contributed by atoms with van der Waals surface area (Å²) in [6, 6.07) is 56.4. The molecular weight excluding hydrogens is 669 g/mol. The minimum absolute atomic E-state index is 0.530. The minimum Gasteiger partial charge on any atom is -0.308 e. The Kier molecular flexibility index (Phi) is 6.38. The highest BCUT2D eigenvalue weighted by Crippen LogP contribution is 2.51. The number of hydrogen-bond donors (Lipinski definition) is 0. The minimum atomic E-state index is 0.530. The zero-order chi connectivity index (χ0) is 35.0. The molecule has 0 aliphatic carbocycles. The van der Waals surface area contributed by atoms with Crippen LogP contribution in [0.15, 0.2) is 158 Å². The van der Waals surface area contributed by atoms with E-state index in [-0.39, 0.29) is 0 Å². The molecule has 4 aromatic heterocycles. The first kappa shape index (κ1) is 29.6. The van der Waals surface area contributed by atoms with Crippen LogP contribution in [0.25, 0.3) is 98.2 Å². The van der Waals surface area contributed by atoms with Crippen LogP contribution in [0, 0.1) is 11.3 Å². The first-order valence-corrected chi connectivity index (χ1v) is 18.3. The Labute approximate surface area is 307 Å². The Morgan fingerprint density at radius 2 is 1.00 bits per heavy atom. The lowest BCUT2D eigenvalue weighted by molar-refractivity contribution is 0.955. The zero-order valence-electron chi connectivity index (χ0n) is 28.1. The van der Waals surface area contributed by atoms with Crippen molar-refractivity contribution >= 4 is 75.1 Å². The van der Waals surface area contributed by atoms with Crippen LogP contribution >= 0.6 is 11.3 Å². The molecule has 0 aliphatic heterocycles. The van der Waals surface area contributed by atoms with Gasteiger partial charge in [0.2, 0.25) is 5.95 Å². The summed E-state index contributed by atoms with van der Waals surface area (Å²) in [6.07, 6.45) is 0. The third-order valence-corrected chi connectivity index (χ3v) is 11.4. The second-order valence-corrected chi connectivity index (χ2v) is 14.2. The van der Waals surface area contributed by atoms with Crippen LogP contribution in [0.2, 0.25) is 0 Å². The van der Waals surface area contributed by atoms with Crippen molar-refractivity contribution in [2.45, 2.75) is 0 Å². The Balaban J connectivity index is 1.38. The van der Waals surface area contributed by atoms with E-state index in [0.29, 0.717) is 23.2 Å². The van der Waals surface area contributed by atoms with Crippen molar-refractivity contribution in [3.8, 4) is 40.5 Å². The maximum absolute atomic E-state index is 9.52. The van der Waals surface area contributed by atoms with Crippen LogP contribution in [0.4, 0.5) is 0 Å². The van der Waals surface area contributed by atoms with Gasteiger partial charge in [0.25, 0.3) is 0 Å². The molecule has 0 unspecified atom stereocenters. The molecule has 4 heterocycles. The van der Waals surface area contributed by atoms with Gasteiger partial charge in [-0.2, -0.15) is 15.2 Å². The molecule has 53 heavy (non-hydrogen) atoms. The van der Waals surface area contributed by atoms with Crippen LogP contribution in [0.5, 0.6) is 0 Å². The van der Waals surface area contributed by atoms with E-state index < -0.39 is 0 Å². The molecule has 7 aromatic carbocycles. The number of benzene rings is 7. The maximum Gasteiger partial charge on any atom is 0.238 e. The molecule has 0 atom stereocenters. The van der Waals surface area contributed by atoms with Crippen LogP contribution in [-0.2, 0) is 0 Å². The fourth-order valence-corrected chi connectivity index (χ4v) is 9.20. The Bertz CT molecular complexity index is 3280.